The lowest BCUT2D eigenvalue weighted by atomic mass is 10.1. The highest BCUT2D eigenvalue weighted by molar-refractivity contribution is 5.06. The van der Waals surface area contributed by atoms with E-state index in [1.54, 1.807) is 6.33 Å². The third-order valence-corrected chi connectivity index (χ3v) is 2.78. The molecule has 6 nitrogen and oxygen atoms in total. The van der Waals surface area contributed by atoms with Gasteiger partial charge in [0, 0.05) is 18.8 Å². The van der Waals surface area contributed by atoms with E-state index in [4.69, 9.17) is 5.73 Å². The van der Waals surface area contributed by atoms with Gasteiger partial charge in [0.15, 0.2) is 0 Å². The molecule has 0 amide bonds. The van der Waals surface area contributed by atoms with Crippen LogP contribution < -0.4 is 5.73 Å². The average molecular weight is 262 g/mol. The summed E-state index contributed by atoms with van der Waals surface area (Å²) >= 11 is 0. The number of hydrogen-bond acceptors (Lipinski definition) is 4. The molecule has 0 saturated carbocycles. The predicted octanol–water partition coefficient (Wildman–Crippen LogP) is 1.07. The van der Waals surface area contributed by atoms with Gasteiger partial charge >= 0.3 is 0 Å². The summed E-state index contributed by atoms with van der Waals surface area (Å²) in [6.45, 7) is 7.85. The van der Waals surface area contributed by atoms with Crippen molar-refractivity contribution < 1.29 is 0 Å². The largest absolute Gasteiger partial charge is 0.328 e. The molecular formula is C13H22N6. The molecule has 0 aliphatic rings. The third-order valence-electron chi connectivity index (χ3n) is 2.78. The molecule has 2 aromatic heterocycles. The van der Waals surface area contributed by atoms with Gasteiger partial charge in [0.2, 0.25) is 0 Å². The zero-order valence-electron chi connectivity index (χ0n) is 11.8. The Balaban J connectivity index is 2.04. The average Bonchev–Trinajstić information content (AvgIpc) is 2.89. The Hall–Kier alpha value is -1.69. The van der Waals surface area contributed by atoms with Crippen LogP contribution in [-0.4, -0.2) is 30.6 Å². The molecular weight excluding hydrogens is 240 g/mol. The summed E-state index contributed by atoms with van der Waals surface area (Å²) in [6, 6.07) is 0.155. The SMILES string of the molecule is CC(C)Cn1ncnc1Cn1cc(CC(C)N)cn1. The molecule has 2 aromatic rings. The highest BCUT2D eigenvalue weighted by Gasteiger charge is 2.08. The van der Waals surface area contributed by atoms with Gasteiger partial charge in [-0.2, -0.15) is 10.2 Å². The molecule has 0 fully saturated rings. The van der Waals surface area contributed by atoms with E-state index in [0.717, 1.165) is 24.4 Å². The molecule has 0 bridgehead atoms. The molecule has 0 aliphatic heterocycles. The monoisotopic (exact) mass is 262 g/mol. The van der Waals surface area contributed by atoms with E-state index >= 15 is 0 Å². The topological polar surface area (TPSA) is 74.5 Å². The van der Waals surface area contributed by atoms with Gasteiger partial charge in [-0.05, 0) is 24.8 Å². The second-order valence-corrected chi connectivity index (χ2v) is 5.48. The molecule has 2 N–H and O–H groups in total. The summed E-state index contributed by atoms with van der Waals surface area (Å²) in [4.78, 5) is 4.30. The van der Waals surface area contributed by atoms with Gasteiger partial charge in [-0.25, -0.2) is 9.67 Å². The maximum atomic E-state index is 5.79. The molecule has 1 atom stereocenters. The summed E-state index contributed by atoms with van der Waals surface area (Å²) in [5.74, 6) is 1.48. The van der Waals surface area contributed by atoms with Gasteiger partial charge in [-0.15, -0.1) is 0 Å². The zero-order valence-corrected chi connectivity index (χ0v) is 11.8. The quantitative estimate of drug-likeness (QED) is 0.845. The van der Waals surface area contributed by atoms with E-state index in [1.165, 1.54) is 0 Å². The maximum absolute atomic E-state index is 5.79. The van der Waals surface area contributed by atoms with Gasteiger partial charge in [0.05, 0.1) is 6.20 Å². The lowest BCUT2D eigenvalue weighted by Gasteiger charge is -2.08. The molecule has 0 saturated heterocycles. The van der Waals surface area contributed by atoms with Crippen LogP contribution in [0.1, 0.15) is 32.2 Å². The van der Waals surface area contributed by atoms with E-state index in [2.05, 4.69) is 29.0 Å². The number of nitrogens with zero attached hydrogens (tertiary/aromatic N) is 5. The number of aromatic nitrogens is 5. The summed E-state index contributed by atoms with van der Waals surface area (Å²) in [5.41, 5.74) is 6.94. The summed E-state index contributed by atoms with van der Waals surface area (Å²) in [5, 5.41) is 8.60. The van der Waals surface area contributed by atoms with Gasteiger partial charge in [0.25, 0.3) is 0 Å². The van der Waals surface area contributed by atoms with Crippen LogP contribution in [0.25, 0.3) is 0 Å². The van der Waals surface area contributed by atoms with Crippen molar-refractivity contribution in [2.75, 3.05) is 0 Å². The van der Waals surface area contributed by atoms with Crippen molar-refractivity contribution in [3.8, 4) is 0 Å². The predicted molar refractivity (Wildman–Crippen MR) is 73.5 cm³/mol. The number of hydrogen-bond donors (Lipinski definition) is 1. The smallest absolute Gasteiger partial charge is 0.148 e. The Kier molecular flexibility index (Phi) is 4.31. The van der Waals surface area contributed by atoms with Crippen LogP contribution in [0.5, 0.6) is 0 Å². The first-order chi connectivity index (χ1) is 9.04. The second kappa shape index (κ2) is 5.97. The van der Waals surface area contributed by atoms with Crippen LogP contribution in [0, 0.1) is 5.92 Å². The Morgan fingerprint density at radius 2 is 2.05 bits per heavy atom. The highest BCUT2D eigenvalue weighted by Crippen LogP contribution is 2.05. The minimum Gasteiger partial charge on any atom is -0.328 e. The fourth-order valence-electron chi connectivity index (χ4n) is 2.02. The fourth-order valence-corrected chi connectivity index (χ4v) is 2.02. The Morgan fingerprint density at radius 1 is 1.26 bits per heavy atom. The van der Waals surface area contributed by atoms with Gasteiger partial charge in [-0.3, -0.25) is 4.68 Å². The molecule has 2 heterocycles. The highest BCUT2D eigenvalue weighted by atomic mass is 15.4. The van der Waals surface area contributed by atoms with E-state index in [9.17, 15) is 0 Å². The van der Waals surface area contributed by atoms with E-state index in [-0.39, 0.29) is 6.04 Å². The van der Waals surface area contributed by atoms with E-state index in [1.807, 2.05) is 28.7 Å². The molecule has 0 aliphatic carbocycles. The molecule has 19 heavy (non-hydrogen) atoms. The Labute approximate surface area is 113 Å². The van der Waals surface area contributed by atoms with Crippen LogP contribution in [0.15, 0.2) is 18.7 Å². The fraction of sp³-hybridized carbons (Fsp3) is 0.615. The van der Waals surface area contributed by atoms with Crippen LogP contribution >= 0.6 is 0 Å². The number of rotatable bonds is 6. The van der Waals surface area contributed by atoms with Crippen molar-refractivity contribution in [1.29, 1.82) is 0 Å². The van der Waals surface area contributed by atoms with Crippen molar-refractivity contribution in [2.24, 2.45) is 11.7 Å². The van der Waals surface area contributed by atoms with Crippen LogP contribution in [0.3, 0.4) is 0 Å². The second-order valence-electron chi connectivity index (χ2n) is 5.48. The lowest BCUT2D eigenvalue weighted by Crippen LogP contribution is -2.17. The first-order valence-electron chi connectivity index (χ1n) is 6.68. The Bertz CT molecular complexity index is 511. The lowest BCUT2D eigenvalue weighted by molar-refractivity contribution is 0.456. The van der Waals surface area contributed by atoms with Crippen molar-refractivity contribution >= 4 is 0 Å². The molecule has 6 heteroatoms. The van der Waals surface area contributed by atoms with Crippen molar-refractivity contribution in [3.05, 3.63) is 30.1 Å². The third kappa shape index (κ3) is 3.89. The number of nitrogens with two attached hydrogens (primary N) is 1. The van der Waals surface area contributed by atoms with E-state index in [0.29, 0.717) is 12.5 Å². The van der Waals surface area contributed by atoms with Crippen LogP contribution in [0.4, 0.5) is 0 Å². The van der Waals surface area contributed by atoms with Crippen molar-refractivity contribution in [3.63, 3.8) is 0 Å². The normalized spacial score (nSPS) is 13.1. The standard InChI is InChI=1S/C13H22N6/c1-10(2)6-19-13(15-9-17-19)8-18-7-12(5-16-18)4-11(3)14/h5,7,9-11H,4,6,8,14H2,1-3H3. The molecule has 0 aromatic carbocycles. The van der Waals surface area contributed by atoms with Gasteiger partial charge in [0.1, 0.15) is 18.7 Å². The summed E-state index contributed by atoms with van der Waals surface area (Å²) in [7, 11) is 0. The summed E-state index contributed by atoms with van der Waals surface area (Å²) in [6.07, 6.45) is 6.34. The van der Waals surface area contributed by atoms with Crippen LogP contribution in [0.2, 0.25) is 0 Å². The molecule has 2 rings (SSSR count). The molecule has 0 spiro atoms. The first kappa shape index (κ1) is 13.7. The van der Waals surface area contributed by atoms with E-state index < -0.39 is 0 Å². The van der Waals surface area contributed by atoms with Crippen molar-refractivity contribution in [2.45, 2.75) is 46.3 Å². The zero-order chi connectivity index (χ0) is 13.8. The van der Waals surface area contributed by atoms with Gasteiger partial charge in [-0.1, -0.05) is 13.8 Å². The van der Waals surface area contributed by atoms with Crippen LogP contribution in [-0.2, 0) is 19.5 Å². The minimum absolute atomic E-state index is 0.155. The maximum Gasteiger partial charge on any atom is 0.148 e. The molecule has 0 radical (unpaired) electrons. The first-order valence-corrected chi connectivity index (χ1v) is 6.68. The molecule has 104 valence electrons. The Morgan fingerprint density at radius 3 is 2.74 bits per heavy atom. The van der Waals surface area contributed by atoms with Gasteiger partial charge < -0.3 is 5.73 Å². The minimum atomic E-state index is 0.155. The van der Waals surface area contributed by atoms with Crippen molar-refractivity contribution in [1.82, 2.24) is 24.5 Å². The summed E-state index contributed by atoms with van der Waals surface area (Å²) < 4.78 is 3.83. The molecule has 1 unspecified atom stereocenters.